The van der Waals surface area contributed by atoms with Crippen LogP contribution in [0.15, 0.2) is 0 Å². The summed E-state index contributed by atoms with van der Waals surface area (Å²) < 4.78 is 12.2. The largest absolute Gasteiger partial charge is 0.465 e. The molecule has 0 amide bonds. The number of hydrogen-bond donors (Lipinski definition) is 1. The Morgan fingerprint density at radius 2 is 0.671 bits per heavy atom. The van der Waals surface area contributed by atoms with Crippen LogP contribution in [0.4, 0.5) is 0 Å². The number of aliphatic hydroxyl groups excluding tert-OH is 1. The summed E-state index contributed by atoms with van der Waals surface area (Å²) in [6.45, 7) is 14.7. The average molecular weight is 991 g/mol. The molecule has 0 aromatic heterocycles. The molecule has 1 N–H and O–H groups in total. The van der Waals surface area contributed by atoms with Crippen molar-refractivity contribution in [2.75, 3.05) is 46.1 Å². The van der Waals surface area contributed by atoms with E-state index < -0.39 is 0 Å². The first-order valence-corrected chi connectivity index (χ1v) is 32.1. The Balaban J connectivity index is 4.57. The number of rotatable bonds is 61. The maximum absolute atomic E-state index is 13.4. The Morgan fingerprint density at radius 3 is 1.07 bits per heavy atom. The van der Waals surface area contributed by atoms with Gasteiger partial charge in [0.15, 0.2) is 0 Å². The van der Waals surface area contributed by atoms with Crippen LogP contribution in [0.1, 0.15) is 342 Å². The summed E-state index contributed by atoms with van der Waals surface area (Å²) in [5, 5.41) is 9.45. The molecule has 0 saturated heterocycles. The Hall–Kier alpha value is -0.980. The molecule has 0 aliphatic carbocycles. The van der Waals surface area contributed by atoms with E-state index in [1.165, 1.54) is 238 Å². The Morgan fingerprint density at radius 1 is 0.357 bits per heavy atom. The molecule has 0 radical (unpaired) electrons. The van der Waals surface area contributed by atoms with Crippen molar-refractivity contribution in [1.82, 2.24) is 4.90 Å². The highest BCUT2D eigenvalue weighted by Gasteiger charge is 2.20. The van der Waals surface area contributed by atoms with Gasteiger partial charge in [0.2, 0.25) is 0 Å². The molecule has 70 heavy (non-hydrogen) atoms. The summed E-state index contributed by atoms with van der Waals surface area (Å²) in [6.07, 6.45) is 60.7. The highest BCUT2D eigenvalue weighted by Crippen LogP contribution is 2.23. The second-order valence-corrected chi connectivity index (χ2v) is 22.3. The molecule has 6 nitrogen and oxygen atoms in total. The third-order valence-electron chi connectivity index (χ3n) is 15.4. The normalized spacial score (nSPS) is 12.6. The molecule has 0 rings (SSSR count). The number of unbranched alkanes of at least 4 members (excludes halogenated alkanes) is 38. The highest BCUT2D eigenvalue weighted by molar-refractivity contribution is 5.81. The van der Waals surface area contributed by atoms with Crippen molar-refractivity contribution in [2.24, 2.45) is 11.8 Å². The van der Waals surface area contributed by atoms with Crippen LogP contribution in [0, 0.1) is 11.8 Å². The molecule has 6 heteroatoms. The number of esters is 1. The third-order valence-corrected chi connectivity index (χ3v) is 15.4. The SMILES string of the molecule is CCCCCCCCCCCCC(CCCCCCCCCC)C(=O)OCCCCCCN(CCCCO)CCCCCCOCC(CCCCCCCCCC)C(=O)CCCCCCCCCCC. The fourth-order valence-corrected chi connectivity index (χ4v) is 10.4. The van der Waals surface area contributed by atoms with E-state index in [9.17, 15) is 14.7 Å². The zero-order chi connectivity index (χ0) is 50.9. The molecule has 0 bridgehead atoms. The lowest BCUT2D eigenvalue weighted by atomic mass is 9.93. The lowest BCUT2D eigenvalue weighted by Gasteiger charge is -2.22. The molecule has 0 aliphatic rings. The average Bonchev–Trinajstić information content (AvgIpc) is 3.36. The van der Waals surface area contributed by atoms with Crippen LogP contribution < -0.4 is 0 Å². The zero-order valence-corrected chi connectivity index (χ0v) is 48.3. The summed E-state index contributed by atoms with van der Waals surface area (Å²) >= 11 is 0. The first kappa shape index (κ1) is 69.0. The van der Waals surface area contributed by atoms with Crippen LogP contribution in [0.5, 0.6) is 0 Å². The number of ketones is 1. The van der Waals surface area contributed by atoms with Crippen molar-refractivity contribution >= 4 is 11.8 Å². The summed E-state index contributed by atoms with van der Waals surface area (Å²) in [5.41, 5.74) is 0. The monoisotopic (exact) mass is 990 g/mol. The van der Waals surface area contributed by atoms with E-state index in [0.29, 0.717) is 19.0 Å². The molecule has 2 atom stereocenters. The number of aliphatic hydroxyl groups is 1. The lowest BCUT2D eigenvalue weighted by molar-refractivity contribution is -0.149. The molecule has 0 aromatic carbocycles. The molecule has 0 aliphatic heterocycles. The van der Waals surface area contributed by atoms with Gasteiger partial charge in [-0.25, -0.2) is 0 Å². The smallest absolute Gasteiger partial charge is 0.308 e. The third kappa shape index (κ3) is 50.5. The van der Waals surface area contributed by atoms with Crippen molar-refractivity contribution in [3.05, 3.63) is 0 Å². The molecular weight excluding hydrogens is 863 g/mol. The topological polar surface area (TPSA) is 76.1 Å². The van der Waals surface area contributed by atoms with Gasteiger partial charge in [0.05, 0.1) is 19.1 Å². The van der Waals surface area contributed by atoms with Crippen LogP contribution in [-0.4, -0.2) is 67.8 Å². The first-order chi connectivity index (χ1) is 34.5. The van der Waals surface area contributed by atoms with Gasteiger partial charge in [0, 0.05) is 25.6 Å². The van der Waals surface area contributed by atoms with Crippen LogP contribution in [0.25, 0.3) is 0 Å². The number of Topliss-reactive ketones (excluding diaryl/α,β-unsaturated/α-hetero) is 1. The van der Waals surface area contributed by atoms with Crippen LogP contribution in [-0.2, 0) is 19.1 Å². The second kappa shape index (κ2) is 58.9. The van der Waals surface area contributed by atoms with Crippen molar-refractivity contribution in [1.29, 1.82) is 0 Å². The van der Waals surface area contributed by atoms with E-state index in [-0.39, 0.29) is 24.4 Å². The second-order valence-electron chi connectivity index (χ2n) is 22.3. The number of hydrogen-bond acceptors (Lipinski definition) is 6. The van der Waals surface area contributed by atoms with Crippen molar-refractivity contribution in [2.45, 2.75) is 342 Å². The van der Waals surface area contributed by atoms with Crippen LogP contribution >= 0.6 is 0 Å². The van der Waals surface area contributed by atoms with Gasteiger partial charge in [-0.3, -0.25) is 9.59 Å². The molecule has 2 unspecified atom stereocenters. The van der Waals surface area contributed by atoms with Gasteiger partial charge in [0.25, 0.3) is 0 Å². The lowest BCUT2D eigenvalue weighted by Crippen LogP contribution is -2.27. The minimum atomic E-state index is 0.0773. The Kier molecular flexibility index (Phi) is 58.1. The quantitative estimate of drug-likeness (QED) is 0.0483. The zero-order valence-electron chi connectivity index (χ0n) is 48.3. The van der Waals surface area contributed by atoms with Crippen LogP contribution in [0.2, 0.25) is 0 Å². The molecular formula is C64H127NO5. The number of carbonyl (C=O) groups is 2. The molecule has 0 fully saturated rings. The number of carbonyl (C=O) groups excluding carboxylic acids is 2. The van der Waals surface area contributed by atoms with E-state index in [1.54, 1.807) is 0 Å². The van der Waals surface area contributed by atoms with Gasteiger partial charge >= 0.3 is 5.97 Å². The predicted octanol–water partition coefficient (Wildman–Crippen LogP) is 19.8. The van der Waals surface area contributed by atoms with Crippen molar-refractivity contribution in [3.8, 4) is 0 Å². The standard InChI is InChI=1S/C64H127NO5/c1-5-9-13-17-21-25-27-30-33-41-51-61(50-40-32-28-23-19-15-11-7-3)64(68)70-59-49-39-37-45-55-65(56-46-47-57-66)54-44-36-38-48-58-69-60-62(52-42-34-29-24-20-16-12-8-4)63(67)53-43-35-31-26-22-18-14-10-6-2/h61-62,66H,5-60H2,1-4H3. The first-order valence-electron chi connectivity index (χ1n) is 32.1. The van der Waals surface area contributed by atoms with Gasteiger partial charge < -0.3 is 19.5 Å². The summed E-state index contributed by atoms with van der Waals surface area (Å²) in [4.78, 5) is 29.3. The molecule has 418 valence electrons. The number of nitrogens with zero attached hydrogens (tertiary/aromatic N) is 1. The Bertz CT molecular complexity index is 1020. The summed E-state index contributed by atoms with van der Waals surface area (Å²) in [5.74, 6) is 0.708. The maximum Gasteiger partial charge on any atom is 0.308 e. The molecule has 0 saturated carbocycles. The van der Waals surface area contributed by atoms with Gasteiger partial charge in [-0.2, -0.15) is 0 Å². The van der Waals surface area contributed by atoms with E-state index in [2.05, 4.69) is 32.6 Å². The fraction of sp³-hybridized carbons (Fsp3) is 0.969. The van der Waals surface area contributed by atoms with Gasteiger partial charge in [0.1, 0.15) is 5.78 Å². The van der Waals surface area contributed by atoms with Gasteiger partial charge in [-0.15, -0.1) is 0 Å². The minimum absolute atomic E-state index is 0.0773. The molecule has 0 aromatic rings. The Labute approximate surface area is 439 Å². The molecule has 0 spiro atoms. The van der Waals surface area contributed by atoms with E-state index in [4.69, 9.17) is 9.47 Å². The summed E-state index contributed by atoms with van der Waals surface area (Å²) in [7, 11) is 0. The predicted molar refractivity (Wildman–Crippen MR) is 306 cm³/mol. The van der Waals surface area contributed by atoms with Crippen molar-refractivity contribution < 1.29 is 24.2 Å². The van der Waals surface area contributed by atoms with E-state index >= 15 is 0 Å². The fourth-order valence-electron chi connectivity index (χ4n) is 10.4. The molecule has 0 heterocycles. The highest BCUT2D eigenvalue weighted by atomic mass is 16.5. The van der Waals surface area contributed by atoms with E-state index in [1.807, 2.05) is 0 Å². The van der Waals surface area contributed by atoms with Crippen molar-refractivity contribution in [3.63, 3.8) is 0 Å². The maximum atomic E-state index is 13.4. The minimum Gasteiger partial charge on any atom is -0.465 e. The van der Waals surface area contributed by atoms with Gasteiger partial charge in [-0.1, -0.05) is 272 Å². The number of ether oxygens (including phenoxy) is 2. The van der Waals surface area contributed by atoms with Gasteiger partial charge in [-0.05, 0) is 83.8 Å². The summed E-state index contributed by atoms with van der Waals surface area (Å²) in [6, 6.07) is 0. The van der Waals surface area contributed by atoms with Crippen LogP contribution in [0.3, 0.4) is 0 Å². The van der Waals surface area contributed by atoms with E-state index in [0.717, 1.165) is 103 Å².